The highest BCUT2D eigenvalue weighted by molar-refractivity contribution is 5.98. The fourth-order valence-corrected chi connectivity index (χ4v) is 8.95. The minimum absolute atomic E-state index is 0.406. The van der Waals surface area contributed by atoms with Gasteiger partial charge in [0.05, 0.1) is 44.5 Å². The second-order valence-electron chi connectivity index (χ2n) is 20.7. The lowest BCUT2D eigenvalue weighted by molar-refractivity contribution is -0.282. The van der Waals surface area contributed by atoms with E-state index in [0.717, 1.165) is 0 Å². The van der Waals surface area contributed by atoms with Gasteiger partial charge in [-0.25, -0.2) is 38.4 Å². The number of benzene rings is 8. The SMILES string of the molecule is O=C(OC[C@H]1O[C@@H](OC(=O)c2cc(O)c(O)c(O)c2)[C@@H](OC(=O)c2cc(O)c(O)c(O)c2)[C@@H](OC(=O)c2cc(O)c(O)c(O)c2)[C@H]1OC(=O)c1cc(O)c(O)c(OC(=O)c2cc(O)c(O)c(O)c2)c1)c1cc(O)c(O)c(OC(=O)c2cc(O)c(O)c(OC(=O)c3cc(O)c(O)c(O)c3)c2)c1. The topological polar surface area (TPSA) is 644 Å². The average Bonchev–Trinajstić information content (AvgIpc) is 0.725. The van der Waals surface area contributed by atoms with Crippen LogP contribution >= 0.6 is 0 Å². The molecule has 8 aromatic carbocycles. The lowest BCUT2D eigenvalue weighted by Crippen LogP contribution is -2.63. The third-order valence-corrected chi connectivity index (χ3v) is 13.9. The van der Waals surface area contributed by atoms with Crippen LogP contribution in [-0.2, 0) is 28.4 Å². The fraction of sp³-hybridized carbons (Fsp3) is 0.0968. The zero-order valence-corrected chi connectivity index (χ0v) is 49.2. The molecule has 520 valence electrons. The molecule has 0 saturated carbocycles. The van der Waals surface area contributed by atoms with Crippen molar-refractivity contribution in [2.75, 3.05) is 6.61 Å². The van der Waals surface area contributed by atoms with Gasteiger partial charge in [-0.05, 0) is 97.1 Å². The second kappa shape index (κ2) is 27.3. The third-order valence-electron chi connectivity index (χ3n) is 13.9. The largest absolute Gasteiger partial charge is 0.504 e. The maximum absolute atomic E-state index is 14.7. The first-order valence-electron chi connectivity index (χ1n) is 27.3. The van der Waals surface area contributed by atoms with E-state index in [4.69, 9.17) is 42.6 Å². The number of carbonyl (C=O) groups excluding carboxylic acids is 8. The van der Waals surface area contributed by atoms with E-state index in [0.29, 0.717) is 97.1 Å². The predicted octanol–water partition coefficient (Wildman–Crippen LogP) is 3.58. The molecule has 0 spiro atoms. The number of phenolic OH excluding ortho intramolecular Hbond substituents is 21. The lowest BCUT2D eigenvalue weighted by Gasteiger charge is -2.43. The zero-order chi connectivity index (χ0) is 73.4. The van der Waals surface area contributed by atoms with Gasteiger partial charge >= 0.3 is 47.8 Å². The Hall–Kier alpha value is -14.7. The van der Waals surface area contributed by atoms with Crippen LogP contribution in [0.1, 0.15) is 82.9 Å². The summed E-state index contributed by atoms with van der Waals surface area (Å²) in [5.74, 6) is -42.1. The van der Waals surface area contributed by atoms with E-state index in [1.807, 2.05) is 0 Å². The summed E-state index contributed by atoms with van der Waals surface area (Å²) in [4.78, 5) is 111. The van der Waals surface area contributed by atoms with E-state index < -0.39 is 268 Å². The van der Waals surface area contributed by atoms with E-state index in [2.05, 4.69) is 0 Å². The molecule has 8 aromatic rings. The Bertz CT molecular complexity index is 4630. The van der Waals surface area contributed by atoms with Gasteiger partial charge in [0.1, 0.15) is 12.7 Å². The zero-order valence-electron chi connectivity index (χ0n) is 49.2. The maximum Gasteiger partial charge on any atom is 0.343 e. The standard InChI is InChI=1S/C62H44O38/c63-26-1-18(2-27(64)43(26)76)55(85)93-40-15-24(12-37(74)49(40)82)57(87)95-39-14-23(11-36(73)48(39)81)54(84)92-17-42-51(97-60(90)25-13-38(75)50(83)41(16-25)94-56(86)19-3-28(65)44(77)29(66)4-19)52(98-58(88)20-5-30(67)45(78)31(68)6-20)53(99-59(89)21-7-32(69)46(79)33(70)8-21)62(96-42)100-61(91)22-9-34(71)47(80)35(72)10-22/h1-16,42,51-53,62-83H,17H2/t42-,51+,52+,53+,62+/m1/s1. The van der Waals surface area contributed by atoms with Gasteiger partial charge in [0.15, 0.2) is 133 Å². The predicted molar refractivity (Wildman–Crippen MR) is 313 cm³/mol. The normalized spacial score (nSPS) is 15.5. The summed E-state index contributed by atoms with van der Waals surface area (Å²) in [6.45, 7) is -1.54. The lowest BCUT2D eigenvalue weighted by atomic mass is 9.97. The van der Waals surface area contributed by atoms with Crippen molar-refractivity contribution in [1.29, 1.82) is 0 Å². The quantitative estimate of drug-likeness (QED) is 0.0268. The Balaban J connectivity index is 1.13. The Morgan fingerprint density at radius 1 is 0.250 bits per heavy atom. The molecule has 0 unspecified atom stereocenters. The first-order valence-corrected chi connectivity index (χ1v) is 27.3. The number of phenols is 21. The first kappa shape index (κ1) is 69.6. The maximum atomic E-state index is 14.7. The van der Waals surface area contributed by atoms with Gasteiger partial charge < -0.3 is 150 Å². The number of aromatic hydroxyl groups is 21. The van der Waals surface area contributed by atoms with Crippen LogP contribution in [0, 0.1) is 0 Å². The van der Waals surface area contributed by atoms with Crippen molar-refractivity contribution in [2.24, 2.45) is 0 Å². The Labute approximate surface area is 551 Å². The van der Waals surface area contributed by atoms with E-state index >= 15 is 0 Å². The highest BCUT2D eigenvalue weighted by Gasteiger charge is 2.55. The van der Waals surface area contributed by atoms with Crippen molar-refractivity contribution in [3.8, 4) is 138 Å². The second-order valence-corrected chi connectivity index (χ2v) is 20.7. The molecule has 1 saturated heterocycles. The van der Waals surface area contributed by atoms with Gasteiger partial charge in [0.2, 0.25) is 29.6 Å². The summed E-state index contributed by atoms with van der Waals surface area (Å²) in [6, 6.07) is 7.88. The number of rotatable bonds is 17. The molecule has 0 radical (unpaired) electrons. The van der Waals surface area contributed by atoms with Gasteiger partial charge in [-0.15, -0.1) is 0 Å². The van der Waals surface area contributed by atoms with Crippen LogP contribution < -0.4 is 14.2 Å². The number of ether oxygens (including phenoxy) is 9. The molecule has 0 aliphatic carbocycles. The number of hydrogen-bond acceptors (Lipinski definition) is 38. The molecular formula is C62H44O38. The van der Waals surface area contributed by atoms with E-state index in [1.165, 1.54) is 0 Å². The molecule has 38 nitrogen and oxygen atoms in total. The summed E-state index contributed by atoms with van der Waals surface area (Å²) in [6.07, 6.45) is -13.6. The van der Waals surface area contributed by atoms with Gasteiger partial charge in [-0.1, -0.05) is 0 Å². The molecular weight excluding hydrogens is 1350 g/mol. The van der Waals surface area contributed by atoms with Crippen LogP contribution in [0.5, 0.6) is 138 Å². The van der Waals surface area contributed by atoms with Gasteiger partial charge in [0, 0.05) is 0 Å². The number of carbonyl (C=O) groups is 8. The molecule has 1 fully saturated rings. The van der Waals surface area contributed by atoms with Gasteiger partial charge in [-0.3, -0.25) is 0 Å². The summed E-state index contributed by atoms with van der Waals surface area (Å²) in [5.41, 5.74) is -7.09. The molecule has 1 heterocycles. The minimum atomic E-state index is -2.80. The van der Waals surface area contributed by atoms with Crippen molar-refractivity contribution >= 4 is 47.8 Å². The van der Waals surface area contributed by atoms with Crippen LogP contribution in [0.15, 0.2) is 97.1 Å². The Morgan fingerprint density at radius 3 is 0.750 bits per heavy atom. The Kier molecular flexibility index (Phi) is 19.0. The van der Waals surface area contributed by atoms with Crippen molar-refractivity contribution in [3.05, 3.63) is 142 Å². The van der Waals surface area contributed by atoms with Crippen molar-refractivity contribution < 1.29 is 188 Å². The van der Waals surface area contributed by atoms with Gasteiger partial charge in [-0.2, -0.15) is 0 Å². The molecule has 5 atom stereocenters. The number of hydrogen-bond donors (Lipinski definition) is 21. The van der Waals surface area contributed by atoms with Crippen molar-refractivity contribution in [1.82, 2.24) is 0 Å². The molecule has 0 aromatic heterocycles. The first-order chi connectivity index (χ1) is 47.0. The van der Waals surface area contributed by atoms with Crippen LogP contribution in [0.2, 0.25) is 0 Å². The molecule has 1 aliphatic heterocycles. The smallest absolute Gasteiger partial charge is 0.343 e. The molecule has 100 heavy (non-hydrogen) atoms. The molecule has 21 N–H and O–H groups in total. The van der Waals surface area contributed by atoms with E-state index in [9.17, 15) is 146 Å². The third kappa shape index (κ3) is 14.3. The van der Waals surface area contributed by atoms with Crippen LogP contribution in [0.3, 0.4) is 0 Å². The molecule has 1 aliphatic rings. The molecule has 38 heteroatoms. The molecule has 9 rings (SSSR count). The summed E-state index contributed by atoms with van der Waals surface area (Å²) < 4.78 is 49.2. The van der Waals surface area contributed by atoms with Crippen LogP contribution in [0.25, 0.3) is 0 Å². The summed E-state index contributed by atoms with van der Waals surface area (Å²) >= 11 is 0. The molecule has 0 amide bonds. The summed E-state index contributed by atoms with van der Waals surface area (Å²) in [5, 5.41) is 216. The van der Waals surface area contributed by atoms with E-state index in [-0.39, 0.29) is 0 Å². The van der Waals surface area contributed by atoms with Gasteiger partial charge in [0.25, 0.3) is 0 Å². The summed E-state index contributed by atoms with van der Waals surface area (Å²) in [7, 11) is 0. The van der Waals surface area contributed by atoms with E-state index in [1.54, 1.807) is 0 Å². The molecule has 0 bridgehead atoms. The number of esters is 8. The fourth-order valence-electron chi connectivity index (χ4n) is 8.95. The van der Waals surface area contributed by atoms with Crippen molar-refractivity contribution in [3.63, 3.8) is 0 Å². The van der Waals surface area contributed by atoms with Crippen molar-refractivity contribution in [2.45, 2.75) is 30.7 Å². The van der Waals surface area contributed by atoms with Crippen LogP contribution in [0.4, 0.5) is 0 Å². The minimum Gasteiger partial charge on any atom is -0.504 e. The Morgan fingerprint density at radius 2 is 0.460 bits per heavy atom. The van der Waals surface area contributed by atoms with Crippen LogP contribution in [-0.4, -0.2) is 192 Å². The monoisotopic (exact) mass is 1400 g/mol. The highest BCUT2D eigenvalue weighted by atomic mass is 16.7. The highest BCUT2D eigenvalue weighted by Crippen LogP contribution is 2.45. The average molecular weight is 1400 g/mol.